The zero-order chi connectivity index (χ0) is 20.4. The molecule has 6 nitrogen and oxygen atoms in total. The quantitative estimate of drug-likeness (QED) is 0.231. The first-order valence-electron chi connectivity index (χ1n) is 8.70. The molecule has 142 valence electrons. The van der Waals surface area contributed by atoms with Crippen LogP contribution in [0.3, 0.4) is 0 Å². The standard InChI is InChI=1S/C22H14N2O4S/c25-19-17(20(26)24-22(29)23-19)12-14-7-2-4-11-18(14)28-21(27)16-10-5-8-13-6-1-3-9-15(13)16/h1-12H,(H2,23,24,25,26,29). The number of thiocarbonyl (C=S) groups is 1. The van der Waals surface area contributed by atoms with E-state index in [0.29, 0.717) is 11.1 Å². The normalized spacial score (nSPS) is 13.7. The lowest BCUT2D eigenvalue weighted by molar-refractivity contribution is -0.123. The van der Waals surface area contributed by atoms with E-state index in [9.17, 15) is 14.4 Å². The SMILES string of the molecule is O=C1NC(=S)NC(=O)C1=Cc1ccccc1OC(=O)c1cccc2ccccc12. The Morgan fingerprint density at radius 1 is 0.862 bits per heavy atom. The molecular weight excluding hydrogens is 388 g/mol. The highest BCUT2D eigenvalue weighted by atomic mass is 32.1. The van der Waals surface area contributed by atoms with Crippen LogP contribution in [0.15, 0.2) is 72.3 Å². The smallest absolute Gasteiger partial charge is 0.344 e. The van der Waals surface area contributed by atoms with E-state index in [1.165, 1.54) is 6.08 Å². The lowest BCUT2D eigenvalue weighted by atomic mass is 10.0. The Bertz CT molecular complexity index is 1190. The van der Waals surface area contributed by atoms with E-state index < -0.39 is 17.8 Å². The molecule has 3 aromatic rings. The molecule has 2 amide bonds. The van der Waals surface area contributed by atoms with Gasteiger partial charge in [-0.05, 0) is 41.2 Å². The largest absolute Gasteiger partial charge is 0.422 e. The molecule has 0 aromatic heterocycles. The second kappa shape index (κ2) is 7.65. The number of para-hydroxylation sites is 1. The van der Waals surface area contributed by atoms with Gasteiger partial charge in [-0.1, -0.05) is 54.6 Å². The number of rotatable bonds is 3. The molecule has 0 unspecified atom stereocenters. The van der Waals surface area contributed by atoms with Crippen LogP contribution in [0.1, 0.15) is 15.9 Å². The van der Waals surface area contributed by atoms with Crippen molar-refractivity contribution >= 4 is 52.0 Å². The maximum absolute atomic E-state index is 12.8. The van der Waals surface area contributed by atoms with Gasteiger partial charge in [-0.25, -0.2) is 4.79 Å². The maximum atomic E-state index is 12.8. The van der Waals surface area contributed by atoms with Crippen LogP contribution in [0, 0.1) is 0 Å². The fourth-order valence-corrected chi connectivity index (χ4v) is 3.20. The molecule has 0 atom stereocenters. The third-order valence-electron chi connectivity index (χ3n) is 4.37. The summed E-state index contributed by atoms with van der Waals surface area (Å²) in [4.78, 5) is 37.0. The minimum Gasteiger partial charge on any atom is -0.422 e. The van der Waals surface area contributed by atoms with Gasteiger partial charge in [0, 0.05) is 5.56 Å². The second-order valence-electron chi connectivity index (χ2n) is 6.25. The number of carbonyl (C=O) groups is 3. The number of fused-ring (bicyclic) bond motifs is 1. The number of esters is 1. The molecule has 0 radical (unpaired) electrons. The van der Waals surface area contributed by atoms with Gasteiger partial charge in [0.25, 0.3) is 11.8 Å². The Labute approximate surface area is 171 Å². The summed E-state index contributed by atoms with van der Waals surface area (Å²) in [6, 6.07) is 19.5. The molecule has 0 saturated carbocycles. The minimum atomic E-state index is -0.617. The van der Waals surface area contributed by atoms with Crippen molar-refractivity contribution in [3.05, 3.63) is 83.4 Å². The summed E-state index contributed by atoms with van der Waals surface area (Å²) < 4.78 is 5.60. The molecule has 0 aliphatic carbocycles. The number of amides is 2. The van der Waals surface area contributed by atoms with Crippen molar-refractivity contribution in [3.8, 4) is 5.75 Å². The van der Waals surface area contributed by atoms with Crippen molar-refractivity contribution in [3.63, 3.8) is 0 Å². The lowest BCUT2D eigenvalue weighted by Gasteiger charge is -2.16. The van der Waals surface area contributed by atoms with E-state index in [2.05, 4.69) is 10.6 Å². The average molecular weight is 402 g/mol. The fraction of sp³-hybridized carbons (Fsp3) is 0. The van der Waals surface area contributed by atoms with Crippen molar-refractivity contribution < 1.29 is 19.1 Å². The van der Waals surface area contributed by atoms with Gasteiger partial charge in [-0.2, -0.15) is 0 Å². The third-order valence-corrected chi connectivity index (χ3v) is 4.58. The Kier molecular flexibility index (Phi) is 4.88. The van der Waals surface area contributed by atoms with Crippen LogP contribution in [0.2, 0.25) is 0 Å². The lowest BCUT2D eigenvalue weighted by Crippen LogP contribution is -2.51. The maximum Gasteiger partial charge on any atom is 0.344 e. The summed E-state index contributed by atoms with van der Waals surface area (Å²) in [5.74, 6) is -1.54. The van der Waals surface area contributed by atoms with Crippen LogP contribution < -0.4 is 15.4 Å². The Morgan fingerprint density at radius 3 is 2.31 bits per heavy atom. The first kappa shape index (κ1) is 18.5. The molecule has 3 aromatic carbocycles. The van der Waals surface area contributed by atoms with Crippen molar-refractivity contribution in [1.82, 2.24) is 10.6 Å². The van der Waals surface area contributed by atoms with Crippen molar-refractivity contribution in [2.45, 2.75) is 0 Å². The molecule has 1 aliphatic rings. The van der Waals surface area contributed by atoms with E-state index in [-0.39, 0.29) is 16.4 Å². The molecule has 29 heavy (non-hydrogen) atoms. The van der Waals surface area contributed by atoms with Gasteiger partial charge in [-0.3, -0.25) is 20.2 Å². The van der Waals surface area contributed by atoms with E-state index in [1.54, 1.807) is 36.4 Å². The number of hydrogen-bond acceptors (Lipinski definition) is 5. The number of benzene rings is 3. The first-order chi connectivity index (χ1) is 14.0. The first-order valence-corrected chi connectivity index (χ1v) is 9.11. The third kappa shape index (κ3) is 3.76. The predicted molar refractivity (Wildman–Crippen MR) is 112 cm³/mol. The highest BCUT2D eigenvalue weighted by Gasteiger charge is 2.26. The average Bonchev–Trinajstić information content (AvgIpc) is 2.71. The van der Waals surface area contributed by atoms with Gasteiger partial charge in [0.2, 0.25) is 0 Å². The van der Waals surface area contributed by atoms with Crippen LogP contribution in [-0.4, -0.2) is 22.9 Å². The summed E-state index contributed by atoms with van der Waals surface area (Å²) >= 11 is 4.79. The van der Waals surface area contributed by atoms with Crippen LogP contribution in [-0.2, 0) is 9.59 Å². The fourth-order valence-electron chi connectivity index (χ4n) is 3.01. The van der Waals surface area contributed by atoms with Crippen LogP contribution in [0.4, 0.5) is 0 Å². The molecule has 4 rings (SSSR count). The van der Waals surface area contributed by atoms with E-state index in [0.717, 1.165) is 10.8 Å². The molecule has 1 fully saturated rings. The monoisotopic (exact) mass is 402 g/mol. The molecule has 1 aliphatic heterocycles. The van der Waals surface area contributed by atoms with Crippen molar-refractivity contribution in [1.29, 1.82) is 0 Å². The molecule has 0 bridgehead atoms. The van der Waals surface area contributed by atoms with Gasteiger partial charge in [0.1, 0.15) is 11.3 Å². The van der Waals surface area contributed by atoms with Crippen LogP contribution in [0.5, 0.6) is 5.75 Å². The Balaban J connectivity index is 1.68. The minimum absolute atomic E-state index is 0.0483. The topological polar surface area (TPSA) is 84.5 Å². The molecular formula is C22H14N2O4S. The van der Waals surface area contributed by atoms with Gasteiger partial charge in [0.15, 0.2) is 5.11 Å². The van der Waals surface area contributed by atoms with Crippen LogP contribution in [0.25, 0.3) is 16.8 Å². The Hall–Kier alpha value is -3.84. The zero-order valence-corrected chi connectivity index (χ0v) is 15.8. The Morgan fingerprint density at radius 2 is 1.52 bits per heavy atom. The zero-order valence-electron chi connectivity index (χ0n) is 15.0. The number of carbonyl (C=O) groups excluding carboxylic acids is 3. The van der Waals surface area contributed by atoms with Gasteiger partial charge >= 0.3 is 5.97 Å². The highest BCUT2D eigenvalue weighted by Crippen LogP contribution is 2.25. The van der Waals surface area contributed by atoms with Crippen molar-refractivity contribution in [2.24, 2.45) is 0 Å². The molecule has 0 spiro atoms. The summed E-state index contributed by atoms with van der Waals surface area (Å²) in [5, 5.41) is 6.39. The van der Waals surface area contributed by atoms with E-state index in [1.807, 2.05) is 30.3 Å². The molecule has 1 saturated heterocycles. The van der Waals surface area contributed by atoms with E-state index in [4.69, 9.17) is 17.0 Å². The summed E-state index contributed by atoms with van der Waals surface area (Å²) in [5.41, 5.74) is 0.700. The molecule has 1 heterocycles. The number of hydrogen-bond donors (Lipinski definition) is 2. The van der Waals surface area contributed by atoms with E-state index >= 15 is 0 Å². The van der Waals surface area contributed by atoms with Gasteiger partial charge in [-0.15, -0.1) is 0 Å². The summed E-state index contributed by atoms with van der Waals surface area (Å²) in [6.07, 6.45) is 1.36. The summed E-state index contributed by atoms with van der Waals surface area (Å²) in [7, 11) is 0. The molecule has 7 heteroatoms. The summed E-state index contributed by atoms with van der Waals surface area (Å²) in [6.45, 7) is 0. The van der Waals surface area contributed by atoms with Crippen LogP contribution >= 0.6 is 12.2 Å². The highest BCUT2D eigenvalue weighted by molar-refractivity contribution is 7.80. The molecule has 2 N–H and O–H groups in total. The number of ether oxygens (including phenoxy) is 1. The number of nitrogens with one attached hydrogen (secondary N) is 2. The van der Waals surface area contributed by atoms with Gasteiger partial charge in [0.05, 0.1) is 5.56 Å². The van der Waals surface area contributed by atoms with Crippen molar-refractivity contribution in [2.75, 3.05) is 0 Å². The van der Waals surface area contributed by atoms with Gasteiger partial charge < -0.3 is 4.74 Å². The second-order valence-corrected chi connectivity index (χ2v) is 6.66. The predicted octanol–water partition coefficient (Wildman–Crippen LogP) is 2.97.